The van der Waals surface area contributed by atoms with Crippen LogP contribution in [0, 0.1) is 0 Å². The van der Waals surface area contributed by atoms with Crippen molar-refractivity contribution in [2.24, 2.45) is 0 Å². The third-order valence-electron chi connectivity index (χ3n) is 5.65. The van der Waals surface area contributed by atoms with Crippen LogP contribution in [0.15, 0.2) is 48.5 Å². The molecule has 0 saturated heterocycles. The summed E-state index contributed by atoms with van der Waals surface area (Å²) in [5.41, 5.74) is 6.45. The molecule has 1 amide bonds. The maximum Gasteiger partial charge on any atom is 0.410 e. The molecule has 0 spiro atoms. The van der Waals surface area contributed by atoms with Gasteiger partial charge in [-0.1, -0.05) is 76.2 Å². The highest BCUT2D eigenvalue weighted by molar-refractivity contribution is 5.89. The van der Waals surface area contributed by atoms with Gasteiger partial charge in [0.2, 0.25) is 0 Å². The first-order valence-corrected chi connectivity index (χ1v) is 11.3. The lowest BCUT2D eigenvalue weighted by atomic mass is 10.0. The van der Waals surface area contributed by atoms with Gasteiger partial charge in [-0.3, -0.25) is 0 Å². The lowest BCUT2D eigenvalue weighted by Gasteiger charge is -2.27. The molecule has 0 radical (unpaired) electrons. The van der Waals surface area contributed by atoms with Crippen LogP contribution in [-0.2, 0) is 37.3 Å². The van der Waals surface area contributed by atoms with Gasteiger partial charge in [0.1, 0.15) is 6.61 Å². The Morgan fingerprint density at radius 2 is 1.80 bits per heavy atom. The average Bonchev–Trinajstić information content (AvgIpc) is 3.13. The number of hydrogen-bond acceptors (Lipinski definition) is 2. The number of rotatable bonds is 5. The van der Waals surface area contributed by atoms with Crippen LogP contribution in [-0.4, -0.2) is 22.1 Å². The van der Waals surface area contributed by atoms with Gasteiger partial charge in [-0.05, 0) is 24.0 Å². The van der Waals surface area contributed by atoms with Crippen LogP contribution in [0.3, 0.4) is 0 Å². The van der Waals surface area contributed by atoms with Crippen LogP contribution in [0.25, 0.3) is 10.9 Å². The molecule has 1 aliphatic rings. The summed E-state index contributed by atoms with van der Waals surface area (Å²) in [6.45, 7) is 11.1. The summed E-state index contributed by atoms with van der Waals surface area (Å²) in [7, 11) is 0. The first-order valence-electron chi connectivity index (χ1n) is 11.3. The zero-order valence-corrected chi connectivity index (χ0v) is 18.8. The first-order chi connectivity index (χ1) is 14.7. The van der Waals surface area contributed by atoms with E-state index in [0.29, 0.717) is 19.7 Å². The summed E-state index contributed by atoms with van der Waals surface area (Å²) in [5, 5.41) is 1.29. The molecule has 30 heavy (non-hydrogen) atoms. The van der Waals surface area contributed by atoms with E-state index in [9.17, 15) is 4.79 Å². The number of carbonyl (C=O) groups is 1. The van der Waals surface area contributed by atoms with Crippen molar-refractivity contribution in [2.75, 3.05) is 6.54 Å². The minimum Gasteiger partial charge on any atom is -0.445 e. The second-order valence-electron chi connectivity index (χ2n) is 7.46. The molecule has 1 aromatic heterocycles. The smallest absolute Gasteiger partial charge is 0.410 e. The van der Waals surface area contributed by atoms with Gasteiger partial charge in [0.25, 0.3) is 0 Å². The Hall–Kier alpha value is -2.75. The Bertz CT molecular complexity index is 976. The highest BCUT2D eigenvalue weighted by Crippen LogP contribution is 2.33. The second kappa shape index (κ2) is 10.3. The lowest BCUT2D eigenvalue weighted by Crippen LogP contribution is -2.36. The number of carbonyl (C=O) groups excluding carboxylic acids is 1. The van der Waals surface area contributed by atoms with Gasteiger partial charge in [0.05, 0.1) is 12.1 Å². The van der Waals surface area contributed by atoms with Crippen molar-refractivity contribution in [1.29, 1.82) is 0 Å². The van der Waals surface area contributed by atoms with Gasteiger partial charge in [-0.25, -0.2) is 4.79 Å². The largest absolute Gasteiger partial charge is 0.445 e. The van der Waals surface area contributed by atoms with Crippen molar-refractivity contribution in [1.82, 2.24) is 9.47 Å². The van der Waals surface area contributed by atoms with Gasteiger partial charge in [0.15, 0.2) is 0 Å². The Balaban J connectivity index is 0.00000124. The monoisotopic (exact) mass is 406 g/mol. The summed E-state index contributed by atoms with van der Waals surface area (Å²) in [6.07, 6.45) is 2.79. The Kier molecular flexibility index (Phi) is 7.56. The van der Waals surface area contributed by atoms with E-state index in [1.165, 1.54) is 27.7 Å². The third kappa shape index (κ3) is 4.38. The highest BCUT2D eigenvalue weighted by Gasteiger charge is 2.27. The maximum atomic E-state index is 12.7. The van der Waals surface area contributed by atoms with Gasteiger partial charge < -0.3 is 14.2 Å². The third-order valence-corrected chi connectivity index (χ3v) is 5.65. The molecule has 3 aromatic rings. The van der Waals surface area contributed by atoms with Crippen molar-refractivity contribution in [2.45, 2.75) is 66.7 Å². The molecule has 2 aromatic carbocycles. The minimum absolute atomic E-state index is 0.224. The molecule has 0 fully saturated rings. The molecule has 4 rings (SSSR count). The van der Waals surface area contributed by atoms with E-state index >= 15 is 0 Å². The van der Waals surface area contributed by atoms with Gasteiger partial charge in [-0.2, -0.15) is 0 Å². The molecule has 0 saturated carbocycles. The minimum atomic E-state index is -0.224. The molecule has 4 heteroatoms. The molecule has 0 unspecified atom stereocenters. The Labute approximate surface area is 180 Å². The second-order valence-corrected chi connectivity index (χ2v) is 7.46. The zero-order chi connectivity index (χ0) is 21.5. The Morgan fingerprint density at radius 3 is 2.50 bits per heavy atom. The summed E-state index contributed by atoms with van der Waals surface area (Å²) in [6, 6.07) is 16.4. The summed E-state index contributed by atoms with van der Waals surface area (Å²) < 4.78 is 8.07. The summed E-state index contributed by atoms with van der Waals surface area (Å²) >= 11 is 0. The number of aromatic nitrogens is 1. The topological polar surface area (TPSA) is 34.5 Å². The van der Waals surface area contributed by atoms with Crippen LogP contribution < -0.4 is 0 Å². The van der Waals surface area contributed by atoms with Crippen LogP contribution in [0.5, 0.6) is 0 Å². The molecule has 160 valence electrons. The fraction of sp³-hybridized carbons (Fsp3) is 0.423. The molecular formula is C26H34N2O2. The maximum absolute atomic E-state index is 12.7. The fourth-order valence-corrected chi connectivity index (χ4v) is 4.30. The first kappa shape index (κ1) is 21.9. The summed E-state index contributed by atoms with van der Waals surface area (Å²) in [4.78, 5) is 14.5. The van der Waals surface area contributed by atoms with Crippen molar-refractivity contribution in [3.63, 3.8) is 0 Å². The molecule has 2 heterocycles. The quantitative estimate of drug-likeness (QED) is 0.496. The van der Waals surface area contributed by atoms with E-state index < -0.39 is 0 Å². The molecule has 0 atom stereocenters. The van der Waals surface area contributed by atoms with Crippen LogP contribution >= 0.6 is 0 Å². The van der Waals surface area contributed by atoms with Crippen molar-refractivity contribution in [3.05, 3.63) is 70.9 Å². The number of benzene rings is 2. The number of fused-ring (bicyclic) bond motifs is 3. The van der Waals surface area contributed by atoms with E-state index in [0.717, 1.165) is 31.4 Å². The molecule has 0 bridgehead atoms. The van der Waals surface area contributed by atoms with Crippen molar-refractivity contribution < 1.29 is 9.53 Å². The summed E-state index contributed by atoms with van der Waals surface area (Å²) in [5.74, 6) is 0. The van der Waals surface area contributed by atoms with E-state index in [1.54, 1.807) is 0 Å². The van der Waals surface area contributed by atoms with Crippen LogP contribution in [0.4, 0.5) is 4.79 Å². The van der Waals surface area contributed by atoms with E-state index in [2.05, 4.69) is 36.6 Å². The standard InChI is InChI=1S/C24H28N2O2.C2H6/c1-3-14-26-22-13-15-25(24(27)28-17-18-9-6-5-7-10-18)16-21(22)20-12-8-11-19(4-2)23(20)26;1-2/h5-12H,3-4,13-17H2,1-2H3;1-2H3. The lowest BCUT2D eigenvalue weighted by molar-refractivity contribution is 0.0917. The fourth-order valence-electron chi connectivity index (χ4n) is 4.30. The average molecular weight is 407 g/mol. The van der Waals surface area contributed by atoms with Crippen LogP contribution in [0.1, 0.15) is 56.5 Å². The number of para-hydroxylation sites is 1. The van der Waals surface area contributed by atoms with Crippen LogP contribution in [0.2, 0.25) is 0 Å². The number of aryl methyl sites for hydroxylation is 2. The van der Waals surface area contributed by atoms with E-state index in [1.807, 2.05) is 49.1 Å². The number of hydrogen-bond donors (Lipinski definition) is 0. The SMILES string of the molecule is CC.CCCn1c2c(c3cccc(CC)c31)CN(C(=O)OCc1ccccc1)CC2. The molecule has 1 aliphatic heterocycles. The van der Waals surface area contributed by atoms with E-state index in [-0.39, 0.29) is 6.09 Å². The Morgan fingerprint density at radius 1 is 1.03 bits per heavy atom. The number of ether oxygens (including phenoxy) is 1. The van der Waals surface area contributed by atoms with Crippen molar-refractivity contribution in [3.8, 4) is 0 Å². The highest BCUT2D eigenvalue weighted by atomic mass is 16.6. The molecule has 0 N–H and O–H groups in total. The molecule has 0 aliphatic carbocycles. The number of amides is 1. The van der Waals surface area contributed by atoms with Gasteiger partial charge >= 0.3 is 6.09 Å². The van der Waals surface area contributed by atoms with Gasteiger partial charge in [0, 0.05) is 36.2 Å². The predicted octanol–water partition coefficient (Wildman–Crippen LogP) is 6.33. The van der Waals surface area contributed by atoms with E-state index in [4.69, 9.17) is 4.74 Å². The zero-order valence-electron chi connectivity index (χ0n) is 18.8. The van der Waals surface area contributed by atoms with Crippen molar-refractivity contribution >= 4 is 17.0 Å². The van der Waals surface area contributed by atoms with Gasteiger partial charge in [-0.15, -0.1) is 0 Å². The predicted molar refractivity (Wildman–Crippen MR) is 124 cm³/mol. The molecular weight excluding hydrogens is 372 g/mol. The molecule has 4 nitrogen and oxygen atoms in total. The normalized spacial score (nSPS) is 12.9. The number of nitrogens with zero attached hydrogens (tertiary/aromatic N) is 2.